The molecule has 0 amide bonds. The summed E-state index contributed by atoms with van der Waals surface area (Å²) in [5.74, 6) is 1.59. The number of hydrogen-bond acceptors (Lipinski definition) is 5. The van der Waals surface area contributed by atoms with Gasteiger partial charge in [-0.15, -0.1) is 11.3 Å². The average molecular weight is 300 g/mol. The van der Waals surface area contributed by atoms with Crippen molar-refractivity contribution < 1.29 is 9.47 Å². The number of fused-ring (bicyclic) bond motifs is 1. The van der Waals surface area contributed by atoms with Crippen LogP contribution in [0.2, 0.25) is 0 Å². The molecule has 5 heteroatoms. The molecule has 0 aliphatic rings. The topological polar surface area (TPSA) is 43.4 Å². The highest BCUT2D eigenvalue weighted by atomic mass is 32.1. The monoisotopic (exact) mass is 300 g/mol. The highest BCUT2D eigenvalue weighted by Crippen LogP contribution is 2.25. The maximum Gasteiger partial charge on any atom is 0.122 e. The lowest BCUT2D eigenvalue weighted by Gasteiger charge is -2.10. The molecule has 0 spiro atoms. The summed E-state index contributed by atoms with van der Waals surface area (Å²) in [6, 6.07) is 12.1. The highest BCUT2D eigenvalue weighted by Gasteiger charge is 2.03. The van der Waals surface area contributed by atoms with Crippen LogP contribution in [0.15, 0.2) is 41.9 Å². The number of rotatable bonds is 5. The first kappa shape index (κ1) is 13.7. The van der Waals surface area contributed by atoms with Crippen LogP contribution < -0.4 is 14.8 Å². The predicted octanol–water partition coefficient (Wildman–Crippen LogP) is 3.93. The van der Waals surface area contributed by atoms with Crippen molar-refractivity contribution in [3.8, 4) is 11.5 Å². The summed E-state index contributed by atoms with van der Waals surface area (Å²) in [5, 5.41) is 3.41. The fraction of sp³-hybridized carbons (Fsp3) is 0.188. The summed E-state index contributed by atoms with van der Waals surface area (Å²) in [6.07, 6.45) is 0. The van der Waals surface area contributed by atoms with Crippen molar-refractivity contribution in [1.29, 1.82) is 0 Å². The number of nitrogens with one attached hydrogen (secondary N) is 1. The van der Waals surface area contributed by atoms with Gasteiger partial charge in [0.15, 0.2) is 0 Å². The number of hydrogen-bond donors (Lipinski definition) is 1. The lowest BCUT2D eigenvalue weighted by Crippen LogP contribution is -2.00. The molecule has 1 aromatic heterocycles. The fourth-order valence-corrected chi connectivity index (χ4v) is 2.85. The van der Waals surface area contributed by atoms with Crippen LogP contribution in [-0.4, -0.2) is 19.2 Å². The van der Waals surface area contributed by atoms with Crippen molar-refractivity contribution in [2.45, 2.75) is 6.54 Å². The molecule has 108 valence electrons. The van der Waals surface area contributed by atoms with Crippen molar-refractivity contribution in [3.05, 3.63) is 47.5 Å². The Bertz CT molecular complexity index is 733. The molecule has 1 heterocycles. The van der Waals surface area contributed by atoms with Gasteiger partial charge >= 0.3 is 0 Å². The summed E-state index contributed by atoms with van der Waals surface area (Å²) < 4.78 is 11.7. The second-order valence-corrected chi connectivity index (χ2v) is 5.50. The van der Waals surface area contributed by atoms with Gasteiger partial charge in [-0.1, -0.05) is 0 Å². The van der Waals surface area contributed by atoms with Crippen molar-refractivity contribution in [3.63, 3.8) is 0 Å². The lowest BCUT2D eigenvalue weighted by atomic mass is 10.2. The molecule has 3 aromatic rings. The van der Waals surface area contributed by atoms with Crippen molar-refractivity contribution in [2.75, 3.05) is 19.5 Å². The Morgan fingerprint density at radius 2 is 1.81 bits per heavy atom. The Morgan fingerprint density at radius 3 is 2.52 bits per heavy atom. The summed E-state index contributed by atoms with van der Waals surface area (Å²) in [7, 11) is 3.31. The SMILES string of the molecule is COc1cc(CNc2ccc3ncsc3c2)cc(OC)c1. The fourth-order valence-electron chi connectivity index (χ4n) is 2.14. The van der Waals surface area contributed by atoms with Gasteiger partial charge in [0.25, 0.3) is 0 Å². The van der Waals surface area contributed by atoms with Crippen LogP contribution in [0.5, 0.6) is 11.5 Å². The molecule has 0 fully saturated rings. The Hall–Kier alpha value is -2.27. The van der Waals surface area contributed by atoms with E-state index in [4.69, 9.17) is 9.47 Å². The first-order valence-electron chi connectivity index (χ1n) is 6.57. The van der Waals surface area contributed by atoms with E-state index in [1.54, 1.807) is 25.6 Å². The molecule has 0 unspecified atom stereocenters. The minimum absolute atomic E-state index is 0.706. The van der Waals surface area contributed by atoms with Crippen LogP contribution in [0.4, 0.5) is 5.69 Å². The molecule has 2 aromatic carbocycles. The number of benzene rings is 2. The van der Waals surface area contributed by atoms with Gasteiger partial charge in [-0.25, -0.2) is 4.98 Å². The van der Waals surface area contributed by atoms with E-state index < -0.39 is 0 Å². The maximum absolute atomic E-state index is 5.28. The molecule has 3 rings (SSSR count). The minimum atomic E-state index is 0.706. The summed E-state index contributed by atoms with van der Waals surface area (Å²) in [5.41, 5.74) is 5.08. The summed E-state index contributed by atoms with van der Waals surface area (Å²) in [6.45, 7) is 0.706. The Kier molecular flexibility index (Phi) is 3.92. The Balaban J connectivity index is 1.77. The molecule has 0 bridgehead atoms. The average Bonchev–Trinajstić information content (AvgIpc) is 3.00. The van der Waals surface area contributed by atoms with E-state index in [0.29, 0.717) is 6.54 Å². The molecule has 1 N–H and O–H groups in total. The lowest BCUT2D eigenvalue weighted by molar-refractivity contribution is 0.393. The van der Waals surface area contributed by atoms with Crippen LogP contribution in [-0.2, 0) is 6.54 Å². The molecule has 0 atom stereocenters. The van der Waals surface area contributed by atoms with Crippen LogP contribution in [0.1, 0.15) is 5.56 Å². The van der Waals surface area contributed by atoms with E-state index in [-0.39, 0.29) is 0 Å². The van der Waals surface area contributed by atoms with Crippen molar-refractivity contribution in [1.82, 2.24) is 4.98 Å². The number of anilines is 1. The van der Waals surface area contributed by atoms with E-state index in [2.05, 4.69) is 16.4 Å². The van der Waals surface area contributed by atoms with Crippen LogP contribution >= 0.6 is 11.3 Å². The van der Waals surface area contributed by atoms with Gasteiger partial charge in [0.1, 0.15) is 11.5 Å². The van der Waals surface area contributed by atoms with Crippen LogP contribution in [0.3, 0.4) is 0 Å². The third kappa shape index (κ3) is 3.08. The molecule has 21 heavy (non-hydrogen) atoms. The van der Waals surface area contributed by atoms with Gasteiger partial charge in [-0.2, -0.15) is 0 Å². The smallest absolute Gasteiger partial charge is 0.122 e. The minimum Gasteiger partial charge on any atom is -0.497 e. The first-order valence-corrected chi connectivity index (χ1v) is 7.45. The van der Waals surface area contributed by atoms with E-state index in [0.717, 1.165) is 28.3 Å². The number of methoxy groups -OCH3 is 2. The molecule has 0 aliphatic carbocycles. The van der Waals surface area contributed by atoms with Crippen molar-refractivity contribution in [2.24, 2.45) is 0 Å². The van der Waals surface area contributed by atoms with Gasteiger partial charge < -0.3 is 14.8 Å². The van der Waals surface area contributed by atoms with Crippen molar-refractivity contribution >= 4 is 27.2 Å². The predicted molar refractivity (Wildman–Crippen MR) is 86.5 cm³/mol. The molecule has 4 nitrogen and oxygen atoms in total. The number of ether oxygens (including phenoxy) is 2. The van der Waals surface area contributed by atoms with E-state index in [1.807, 2.05) is 35.8 Å². The quantitative estimate of drug-likeness (QED) is 0.775. The third-order valence-corrected chi connectivity index (χ3v) is 4.03. The molecule has 0 saturated heterocycles. The van der Waals surface area contributed by atoms with Crippen LogP contribution in [0.25, 0.3) is 10.2 Å². The standard InChI is InChI=1S/C16H16N2O2S/c1-19-13-5-11(6-14(8-13)20-2)9-17-12-3-4-15-16(7-12)21-10-18-15/h3-8,10,17H,9H2,1-2H3. The van der Waals surface area contributed by atoms with Crippen LogP contribution in [0, 0.1) is 0 Å². The van der Waals surface area contributed by atoms with Gasteiger partial charge in [0.2, 0.25) is 0 Å². The second-order valence-electron chi connectivity index (χ2n) is 4.61. The molecular weight excluding hydrogens is 284 g/mol. The maximum atomic E-state index is 5.28. The van der Waals surface area contributed by atoms with E-state index >= 15 is 0 Å². The zero-order valence-electron chi connectivity index (χ0n) is 11.9. The molecule has 0 saturated carbocycles. The zero-order valence-corrected chi connectivity index (χ0v) is 12.7. The van der Waals surface area contributed by atoms with E-state index in [9.17, 15) is 0 Å². The Morgan fingerprint density at radius 1 is 1.05 bits per heavy atom. The van der Waals surface area contributed by atoms with Gasteiger partial charge in [0, 0.05) is 18.3 Å². The summed E-state index contributed by atoms with van der Waals surface area (Å²) >= 11 is 1.64. The highest BCUT2D eigenvalue weighted by molar-refractivity contribution is 7.16. The van der Waals surface area contributed by atoms with Gasteiger partial charge in [0.05, 0.1) is 29.9 Å². The second kappa shape index (κ2) is 6.01. The number of nitrogens with zero attached hydrogens (tertiary/aromatic N) is 1. The molecular formula is C16H16N2O2S. The van der Waals surface area contributed by atoms with Gasteiger partial charge in [-0.3, -0.25) is 0 Å². The largest absolute Gasteiger partial charge is 0.497 e. The Labute approximate surface area is 127 Å². The normalized spacial score (nSPS) is 10.6. The summed E-state index contributed by atoms with van der Waals surface area (Å²) in [4.78, 5) is 4.28. The van der Waals surface area contributed by atoms with E-state index in [1.165, 1.54) is 4.70 Å². The molecule has 0 radical (unpaired) electrons. The number of aromatic nitrogens is 1. The zero-order chi connectivity index (χ0) is 14.7. The molecule has 0 aliphatic heterocycles. The number of thiazole rings is 1. The third-order valence-electron chi connectivity index (χ3n) is 3.24. The van der Waals surface area contributed by atoms with Gasteiger partial charge in [-0.05, 0) is 35.9 Å². The first-order chi connectivity index (χ1) is 10.3.